The number of nitrogens with two attached hydrogens (primary N) is 1. The number of hydrogen-bond acceptors (Lipinski definition) is 3. The molecule has 1 aliphatic heterocycles. The molecule has 1 unspecified atom stereocenters. The standard InChI is InChI=1S/C15H22FN3O/c1-18-6-8-19(9-7-18)15(20)11-13(17)10-12-4-2-3-5-14(12)16/h2-5,13H,6-11,17H2,1H3. The lowest BCUT2D eigenvalue weighted by molar-refractivity contribution is -0.133. The number of carbonyl (C=O) groups excluding carboxylic acids is 1. The summed E-state index contributed by atoms with van der Waals surface area (Å²) >= 11 is 0. The highest BCUT2D eigenvalue weighted by Gasteiger charge is 2.21. The summed E-state index contributed by atoms with van der Waals surface area (Å²) in [5, 5.41) is 0. The normalized spacial score (nSPS) is 18.1. The third-order valence-corrected chi connectivity index (χ3v) is 3.73. The van der Waals surface area contributed by atoms with Gasteiger partial charge < -0.3 is 15.5 Å². The molecule has 2 rings (SSSR count). The van der Waals surface area contributed by atoms with Crippen LogP contribution in [0.1, 0.15) is 12.0 Å². The summed E-state index contributed by atoms with van der Waals surface area (Å²) in [6.07, 6.45) is 0.671. The predicted molar refractivity (Wildman–Crippen MR) is 76.8 cm³/mol. The number of likely N-dealkylation sites (N-methyl/N-ethyl adjacent to an activating group) is 1. The first-order chi connectivity index (χ1) is 9.56. The van der Waals surface area contributed by atoms with Crippen molar-refractivity contribution < 1.29 is 9.18 Å². The Hall–Kier alpha value is -1.46. The average Bonchev–Trinajstić information content (AvgIpc) is 2.42. The fourth-order valence-corrected chi connectivity index (χ4v) is 2.43. The van der Waals surface area contributed by atoms with Gasteiger partial charge in [-0.25, -0.2) is 4.39 Å². The maximum atomic E-state index is 13.5. The molecule has 5 heteroatoms. The van der Waals surface area contributed by atoms with Crippen molar-refractivity contribution in [3.8, 4) is 0 Å². The largest absolute Gasteiger partial charge is 0.340 e. The number of piperazine rings is 1. The molecular weight excluding hydrogens is 257 g/mol. The van der Waals surface area contributed by atoms with E-state index in [1.807, 2.05) is 11.9 Å². The first-order valence-electron chi connectivity index (χ1n) is 7.01. The van der Waals surface area contributed by atoms with Crippen LogP contribution in [-0.2, 0) is 11.2 Å². The van der Waals surface area contributed by atoms with Crippen molar-refractivity contribution in [3.05, 3.63) is 35.6 Å². The second kappa shape index (κ2) is 6.81. The monoisotopic (exact) mass is 279 g/mol. The molecule has 1 saturated heterocycles. The first-order valence-corrected chi connectivity index (χ1v) is 7.01. The Morgan fingerprint density at radius 2 is 1.95 bits per heavy atom. The van der Waals surface area contributed by atoms with Crippen LogP contribution in [0, 0.1) is 5.82 Å². The van der Waals surface area contributed by atoms with Crippen LogP contribution in [0.4, 0.5) is 4.39 Å². The molecule has 2 N–H and O–H groups in total. The van der Waals surface area contributed by atoms with Gasteiger partial charge in [-0.05, 0) is 25.1 Å². The van der Waals surface area contributed by atoms with Crippen molar-refractivity contribution in [2.45, 2.75) is 18.9 Å². The zero-order chi connectivity index (χ0) is 14.5. The summed E-state index contributed by atoms with van der Waals surface area (Å²) in [5.41, 5.74) is 6.56. The van der Waals surface area contributed by atoms with Gasteiger partial charge in [-0.1, -0.05) is 18.2 Å². The van der Waals surface area contributed by atoms with E-state index < -0.39 is 0 Å². The second-order valence-corrected chi connectivity index (χ2v) is 5.44. The number of benzene rings is 1. The van der Waals surface area contributed by atoms with E-state index in [-0.39, 0.29) is 24.2 Å². The quantitative estimate of drug-likeness (QED) is 0.889. The highest BCUT2D eigenvalue weighted by atomic mass is 19.1. The van der Waals surface area contributed by atoms with Crippen LogP contribution in [0.3, 0.4) is 0 Å². The second-order valence-electron chi connectivity index (χ2n) is 5.44. The van der Waals surface area contributed by atoms with Crippen molar-refractivity contribution in [3.63, 3.8) is 0 Å². The zero-order valence-corrected chi connectivity index (χ0v) is 11.9. The van der Waals surface area contributed by atoms with Crippen LogP contribution < -0.4 is 5.73 Å². The Balaban J connectivity index is 1.83. The van der Waals surface area contributed by atoms with Crippen LogP contribution in [0.5, 0.6) is 0 Å². The molecule has 1 aromatic rings. The van der Waals surface area contributed by atoms with Gasteiger partial charge in [0.2, 0.25) is 5.91 Å². The minimum absolute atomic E-state index is 0.0712. The fourth-order valence-electron chi connectivity index (χ4n) is 2.43. The molecule has 1 atom stereocenters. The van der Waals surface area contributed by atoms with E-state index in [2.05, 4.69) is 4.90 Å². The molecule has 0 saturated carbocycles. The van der Waals surface area contributed by atoms with Gasteiger partial charge >= 0.3 is 0 Å². The molecule has 1 amide bonds. The van der Waals surface area contributed by atoms with Crippen molar-refractivity contribution >= 4 is 5.91 Å². The summed E-state index contributed by atoms with van der Waals surface area (Å²) in [4.78, 5) is 16.2. The highest BCUT2D eigenvalue weighted by Crippen LogP contribution is 2.11. The van der Waals surface area contributed by atoms with Gasteiger partial charge in [0.25, 0.3) is 0 Å². The van der Waals surface area contributed by atoms with Gasteiger partial charge in [0.05, 0.1) is 0 Å². The summed E-state index contributed by atoms with van der Waals surface area (Å²) < 4.78 is 13.5. The number of rotatable bonds is 4. The van der Waals surface area contributed by atoms with Gasteiger partial charge in [-0.2, -0.15) is 0 Å². The first kappa shape index (κ1) is 14.9. The number of amides is 1. The molecule has 0 radical (unpaired) electrons. The Bertz CT molecular complexity index is 458. The van der Waals surface area contributed by atoms with E-state index in [4.69, 9.17) is 5.73 Å². The molecule has 1 aliphatic rings. The number of carbonyl (C=O) groups is 1. The van der Waals surface area contributed by atoms with E-state index in [0.717, 1.165) is 26.2 Å². The fraction of sp³-hybridized carbons (Fsp3) is 0.533. The van der Waals surface area contributed by atoms with Crippen molar-refractivity contribution in [1.82, 2.24) is 9.80 Å². The third kappa shape index (κ3) is 4.02. The Kier molecular flexibility index (Phi) is 5.09. The van der Waals surface area contributed by atoms with Crippen LogP contribution in [-0.4, -0.2) is 55.0 Å². The molecule has 1 aromatic carbocycles. The van der Waals surface area contributed by atoms with Gasteiger partial charge in [0, 0.05) is 38.6 Å². The molecule has 0 bridgehead atoms. The van der Waals surface area contributed by atoms with E-state index in [1.165, 1.54) is 6.07 Å². The van der Waals surface area contributed by atoms with E-state index in [0.29, 0.717) is 12.0 Å². The molecule has 4 nitrogen and oxygen atoms in total. The molecule has 1 fully saturated rings. The zero-order valence-electron chi connectivity index (χ0n) is 11.9. The summed E-state index contributed by atoms with van der Waals surface area (Å²) in [6.45, 7) is 3.30. The smallest absolute Gasteiger partial charge is 0.224 e. The molecule has 20 heavy (non-hydrogen) atoms. The van der Waals surface area contributed by atoms with Gasteiger partial charge in [-0.15, -0.1) is 0 Å². The summed E-state index contributed by atoms with van der Waals surface area (Å²) in [6, 6.07) is 6.24. The van der Waals surface area contributed by atoms with Crippen molar-refractivity contribution in [2.24, 2.45) is 5.73 Å². The molecule has 0 aromatic heterocycles. The topological polar surface area (TPSA) is 49.6 Å². The van der Waals surface area contributed by atoms with E-state index >= 15 is 0 Å². The lowest BCUT2D eigenvalue weighted by atomic mass is 10.0. The Morgan fingerprint density at radius 1 is 1.30 bits per heavy atom. The maximum Gasteiger partial charge on any atom is 0.224 e. The molecule has 1 heterocycles. The number of nitrogens with zero attached hydrogens (tertiary/aromatic N) is 2. The minimum Gasteiger partial charge on any atom is -0.340 e. The highest BCUT2D eigenvalue weighted by molar-refractivity contribution is 5.77. The summed E-state index contributed by atoms with van der Waals surface area (Å²) in [5.74, 6) is -0.183. The molecule has 0 aliphatic carbocycles. The molecular formula is C15H22FN3O. The maximum absolute atomic E-state index is 13.5. The van der Waals surface area contributed by atoms with Crippen LogP contribution >= 0.6 is 0 Å². The Morgan fingerprint density at radius 3 is 2.60 bits per heavy atom. The third-order valence-electron chi connectivity index (χ3n) is 3.73. The molecule has 0 spiro atoms. The van der Waals surface area contributed by atoms with Gasteiger partial charge in [-0.3, -0.25) is 4.79 Å². The van der Waals surface area contributed by atoms with Gasteiger partial charge in [0.1, 0.15) is 5.82 Å². The van der Waals surface area contributed by atoms with Crippen molar-refractivity contribution in [1.29, 1.82) is 0 Å². The Labute approximate surface area is 119 Å². The van der Waals surface area contributed by atoms with Crippen LogP contribution in [0.2, 0.25) is 0 Å². The van der Waals surface area contributed by atoms with Crippen molar-refractivity contribution in [2.75, 3.05) is 33.2 Å². The lowest BCUT2D eigenvalue weighted by Crippen LogP contribution is -2.48. The summed E-state index contributed by atoms with van der Waals surface area (Å²) in [7, 11) is 2.05. The van der Waals surface area contributed by atoms with Crippen LogP contribution in [0.25, 0.3) is 0 Å². The van der Waals surface area contributed by atoms with E-state index in [1.54, 1.807) is 18.2 Å². The number of halogens is 1. The number of hydrogen-bond donors (Lipinski definition) is 1. The SMILES string of the molecule is CN1CCN(C(=O)CC(N)Cc2ccccc2F)CC1. The average molecular weight is 279 g/mol. The van der Waals surface area contributed by atoms with E-state index in [9.17, 15) is 9.18 Å². The minimum atomic E-state index is -0.334. The van der Waals surface area contributed by atoms with Crippen LogP contribution in [0.15, 0.2) is 24.3 Å². The predicted octanol–water partition coefficient (Wildman–Crippen LogP) is 0.860. The lowest BCUT2D eigenvalue weighted by Gasteiger charge is -2.33. The van der Waals surface area contributed by atoms with Gasteiger partial charge in [0.15, 0.2) is 0 Å². The molecule has 110 valence electrons.